The minimum absolute atomic E-state index is 0.234. The lowest BCUT2D eigenvalue weighted by atomic mass is 9.69. The molecule has 1 amide bonds. The van der Waals surface area contributed by atoms with Crippen LogP contribution in [0.3, 0.4) is 0 Å². The van der Waals surface area contributed by atoms with Crippen LogP contribution in [0.2, 0.25) is 0 Å². The number of carbonyl (C=O) groups is 1. The van der Waals surface area contributed by atoms with Crippen LogP contribution >= 0.6 is 0 Å². The summed E-state index contributed by atoms with van der Waals surface area (Å²) in [6, 6.07) is 0. The van der Waals surface area contributed by atoms with Crippen molar-refractivity contribution >= 4 is 5.91 Å². The number of nitrogens with one attached hydrogen (secondary N) is 1. The molecule has 17 heavy (non-hydrogen) atoms. The zero-order valence-corrected chi connectivity index (χ0v) is 11.0. The second-order valence-electron chi connectivity index (χ2n) is 5.54. The fourth-order valence-corrected chi connectivity index (χ4v) is 3.56. The number of hydrogen-bond acceptors (Lipinski definition) is 3. The van der Waals surface area contributed by atoms with Gasteiger partial charge in [0.05, 0.1) is 13.2 Å². The molecule has 98 valence electrons. The van der Waals surface area contributed by atoms with Gasteiger partial charge >= 0.3 is 0 Å². The van der Waals surface area contributed by atoms with Gasteiger partial charge in [-0.05, 0) is 25.8 Å². The molecule has 2 fully saturated rings. The normalized spacial score (nSPS) is 32.6. The third-order valence-corrected chi connectivity index (χ3v) is 4.40. The second-order valence-corrected chi connectivity index (χ2v) is 5.54. The highest BCUT2D eigenvalue weighted by molar-refractivity contribution is 5.78. The largest absolute Gasteiger partial charge is 0.384 e. The SMILES string of the molecule is CNCC(=O)N1C[C@H]2CCCC[C@@]2(COC)C1. The van der Waals surface area contributed by atoms with E-state index in [4.69, 9.17) is 4.74 Å². The van der Waals surface area contributed by atoms with Crippen molar-refractivity contribution in [3.63, 3.8) is 0 Å². The van der Waals surface area contributed by atoms with E-state index in [1.165, 1.54) is 25.7 Å². The van der Waals surface area contributed by atoms with Gasteiger partial charge in [0.2, 0.25) is 5.91 Å². The molecule has 1 N–H and O–H groups in total. The van der Waals surface area contributed by atoms with Crippen molar-refractivity contribution in [3.8, 4) is 0 Å². The quantitative estimate of drug-likeness (QED) is 0.793. The molecule has 1 aliphatic carbocycles. The van der Waals surface area contributed by atoms with Gasteiger partial charge in [0, 0.05) is 25.6 Å². The lowest BCUT2D eigenvalue weighted by Gasteiger charge is -2.37. The van der Waals surface area contributed by atoms with E-state index >= 15 is 0 Å². The van der Waals surface area contributed by atoms with Gasteiger partial charge in [0.25, 0.3) is 0 Å². The summed E-state index contributed by atoms with van der Waals surface area (Å²) in [4.78, 5) is 14.0. The number of amides is 1. The zero-order valence-electron chi connectivity index (χ0n) is 11.0. The van der Waals surface area contributed by atoms with E-state index < -0.39 is 0 Å². The van der Waals surface area contributed by atoms with Crippen LogP contribution in [-0.4, -0.2) is 51.2 Å². The van der Waals surface area contributed by atoms with E-state index in [1.54, 1.807) is 7.11 Å². The number of ether oxygens (including phenoxy) is 1. The van der Waals surface area contributed by atoms with Crippen molar-refractivity contribution in [2.24, 2.45) is 11.3 Å². The van der Waals surface area contributed by atoms with Crippen molar-refractivity contribution in [1.29, 1.82) is 0 Å². The molecule has 2 aliphatic rings. The third kappa shape index (κ3) is 2.47. The summed E-state index contributed by atoms with van der Waals surface area (Å²) in [5.74, 6) is 0.884. The molecule has 0 bridgehead atoms. The molecule has 0 unspecified atom stereocenters. The maximum Gasteiger partial charge on any atom is 0.236 e. The Morgan fingerprint density at radius 3 is 3.06 bits per heavy atom. The molecule has 0 aromatic heterocycles. The van der Waals surface area contributed by atoms with Crippen molar-refractivity contribution in [3.05, 3.63) is 0 Å². The number of hydrogen-bond donors (Lipinski definition) is 1. The van der Waals surface area contributed by atoms with Gasteiger partial charge in [0.1, 0.15) is 0 Å². The van der Waals surface area contributed by atoms with Crippen molar-refractivity contribution in [2.45, 2.75) is 25.7 Å². The van der Waals surface area contributed by atoms with Crippen LogP contribution in [0.15, 0.2) is 0 Å². The zero-order chi connectivity index (χ0) is 12.3. The van der Waals surface area contributed by atoms with E-state index in [9.17, 15) is 4.79 Å². The van der Waals surface area contributed by atoms with Crippen LogP contribution in [0.5, 0.6) is 0 Å². The van der Waals surface area contributed by atoms with Crippen LogP contribution in [0, 0.1) is 11.3 Å². The Hall–Kier alpha value is -0.610. The Bertz CT molecular complexity index is 279. The second kappa shape index (κ2) is 5.36. The molecule has 1 saturated heterocycles. The van der Waals surface area contributed by atoms with Crippen molar-refractivity contribution < 1.29 is 9.53 Å². The average Bonchev–Trinajstić information content (AvgIpc) is 2.69. The summed E-state index contributed by atoms with van der Waals surface area (Å²) < 4.78 is 5.42. The summed E-state index contributed by atoms with van der Waals surface area (Å²) in [5.41, 5.74) is 0.246. The number of likely N-dealkylation sites (N-methyl/N-ethyl adjacent to an activating group) is 1. The maximum atomic E-state index is 12.0. The van der Waals surface area contributed by atoms with Gasteiger partial charge in [-0.2, -0.15) is 0 Å². The first-order chi connectivity index (χ1) is 8.22. The fraction of sp³-hybridized carbons (Fsp3) is 0.923. The predicted octanol–water partition coefficient (Wildman–Crippen LogP) is 0.871. The molecule has 0 spiro atoms. The Labute approximate surface area is 104 Å². The fourth-order valence-electron chi connectivity index (χ4n) is 3.56. The Kier molecular flexibility index (Phi) is 4.05. The molecule has 0 radical (unpaired) electrons. The minimum atomic E-state index is 0.234. The van der Waals surface area contributed by atoms with E-state index in [0.717, 1.165) is 19.7 Å². The van der Waals surface area contributed by atoms with Crippen molar-refractivity contribution in [1.82, 2.24) is 10.2 Å². The van der Waals surface area contributed by atoms with E-state index in [1.807, 2.05) is 11.9 Å². The number of fused-ring (bicyclic) bond motifs is 1. The van der Waals surface area contributed by atoms with Gasteiger partial charge in [0.15, 0.2) is 0 Å². The summed E-state index contributed by atoms with van der Waals surface area (Å²) in [5, 5.41) is 2.95. The maximum absolute atomic E-state index is 12.0. The molecule has 2 rings (SSSR count). The number of nitrogens with zero attached hydrogens (tertiary/aromatic N) is 1. The Balaban J connectivity index is 2.05. The lowest BCUT2D eigenvalue weighted by molar-refractivity contribution is -0.129. The molecule has 0 aromatic rings. The Morgan fingerprint density at radius 1 is 1.53 bits per heavy atom. The van der Waals surface area contributed by atoms with Crippen LogP contribution in [0.25, 0.3) is 0 Å². The first kappa shape index (κ1) is 12.8. The van der Waals surface area contributed by atoms with E-state index in [-0.39, 0.29) is 11.3 Å². The summed E-state index contributed by atoms with van der Waals surface area (Å²) in [6.07, 6.45) is 5.07. The van der Waals surface area contributed by atoms with Crippen LogP contribution in [-0.2, 0) is 9.53 Å². The molecule has 1 saturated carbocycles. The van der Waals surface area contributed by atoms with E-state index in [0.29, 0.717) is 12.5 Å². The molecule has 0 aromatic carbocycles. The van der Waals surface area contributed by atoms with E-state index in [2.05, 4.69) is 5.32 Å². The number of carbonyl (C=O) groups excluding carboxylic acids is 1. The predicted molar refractivity (Wildman–Crippen MR) is 66.8 cm³/mol. The first-order valence-electron chi connectivity index (χ1n) is 6.63. The first-order valence-corrected chi connectivity index (χ1v) is 6.63. The highest BCUT2D eigenvalue weighted by Gasteiger charge is 2.48. The molecule has 1 aliphatic heterocycles. The number of methoxy groups -OCH3 is 1. The standard InChI is InChI=1S/C13H24N2O2/c1-14-7-12(16)15-8-11-5-3-4-6-13(11,9-15)10-17-2/h11,14H,3-10H2,1-2H3/t11-,13+/m1/s1. The molecule has 4 nitrogen and oxygen atoms in total. The van der Waals surface area contributed by atoms with Gasteiger partial charge in [-0.25, -0.2) is 0 Å². The molecule has 1 heterocycles. The van der Waals surface area contributed by atoms with Gasteiger partial charge < -0.3 is 15.0 Å². The average molecular weight is 240 g/mol. The summed E-state index contributed by atoms with van der Waals surface area (Å²) >= 11 is 0. The minimum Gasteiger partial charge on any atom is -0.384 e. The molecule has 2 atom stereocenters. The molecular weight excluding hydrogens is 216 g/mol. The number of likely N-dealkylation sites (tertiary alicyclic amines) is 1. The smallest absolute Gasteiger partial charge is 0.236 e. The van der Waals surface area contributed by atoms with Gasteiger partial charge in [-0.15, -0.1) is 0 Å². The summed E-state index contributed by atoms with van der Waals surface area (Å²) in [6.45, 7) is 3.09. The topological polar surface area (TPSA) is 41.6 Å². The van der Waals surface area contributed by atoms with Gasteiger partial charge in [-0.1, -0.05) is 12.8 Å². The Morgan fingerprint density at radius 2 is 2.35 bits per heavy atom. The lowest BCUT2D eigenvalue weighted by Crippen LogP contribution is -2.39. The van der Waals surface area contributed by atoms with Gasteiger partial charge in [-0.3, -0.25) is 4.79 Å². The third-order valence-electron chi connectivity index (χ3n) is 4.40. The molecule has 4 heteroatoms. The van der Waals surface area contributed by atoms with Crippen LogP contribution in [0.4, 0.5) is 0 Å². The molecular formula is C13H24N2O2. The summed E-state index contributed by atoms with van der Waals surface area (Å²) in [7, 11) is 3.60. The number of rotatable bonds is 4. The van der Waals surface area contributed by atoms with Crippen molar-refractivity contribution in [2.75, 3.05) is 40.4 Å². The monoisotopic (exact) mass is 240 g/mol. The highest BCUT2D eigenvalue weighted by Crippen LogP contribution is 2.46. The van der Waals surface area contributed by atoms with Crippen LogP contribution < -0.4 is 5.32 Å². The highest BCUT2D eigenvalue weighted by atomic mass is 16.5. The van der Waals surface area contributed by atoms with Crippen LogP contribution in [0.1, 0.15) is 25.7 Å².